The highest BCUT2D eigenvalue weighted by molar-refractivity contribution is 5.63. The molecule has 5 heteroatoms. The first-order valence-electron chi connectivity index (χ1n) is 9.51. The summed E-state index contributed by atoms with van der Waals surface area (Å²) in [5, 5.41) is 14.2. The minimum Gasteiger partial charge on any atom is -0.457 e. The summed E-state index contributed by atoms with van der Waals surface area (Å²) in [6.45, 7) is 5.88. The lowest BCUT2D eigenvalue weighted by Crippen LogP contribution is -2.33. The summed E-state index contributed by atoms with van der Waals surface area (Å²) in [6.07, 6.45) is 2.06. The van der Waals surface area contributed by atoms with Crippen LogP contribution >= 0.6 is 0 Å². The normalized spacial score (nSPS) is 11.8. The van der Waals surface area contributed by atoms with Gasteiger partial charge in [-0.25, -0.2) is 0 Å². The van der Waals surface area contributed by atoms with Gasteiger partial charge in [0.2, 0.25) is 0 Å². The molecule has 0 amide bonds. The zero-order chi connectivity index (χ0) is 20.1. The van der Waals surface area contributed by atoms with Gasteiger partial charge in [0.15, 0.2) is 0 Å². The molecule has 0 aliphatic rings. The van der Waals surface area contributed by atoms with E-state index in [9.17, 15) is 5.11 Å². The van der Waals surface area contributed by atoms with Crippen LogP contribution in [0, 0.1) is 5.41 Å². The van der Waals surface area contributed by atoms with Gasteiger partial charge >= 0.3 is 0 Å². The molecule has 0 saturated carbocycles. The lowest BCUT2D eigenvalue weighted by Gasteiger charge is -2.28. The number of benzene rings is 2. The van der Waals surface area contributed by atoms with Crippen molar-refractivity contribution in [3.63, 3.8) is 0 Å². The maximum absolute atomic E-state index is 9.52. The molecule has 0 atom stereocenters. The largest absolute Gasteiger partial charge is 0.457 e. The number of aromatic nitrogens is 2. The molecule has 1 N–H and O–H groups in total. The van der Waals surface area contributed by atoms with Crippen molar-refractivity contribution in [3.8, 4) is 22.8 Å². The highest BCUT2D eigenvalue weighted by Gasteiger charge is 2.20. The maximum Gasteiger partial charge on any atom is 0.127 e. The molecule has 1 heterocycles. The van der Waals surface area contributed by atoms with Crippen molar-refractivity contribution in [3.05, 3.63) is 66.4 Å². The van der Waals surface area contributed by atoms with E-state index in [0.717, 1.165) is 41.4 Å². The topological polar surface area (TPSA) is 50.5 Å². The molecule has 0 spiro atoms. The van der Waals surface area contributed by atoms with E-state index in [1.165, 1.54) is 0 Å². The minimum atomic E-state index is -0.131. The van der Waals surface area contributed by atoms with Crippen molar-refractivity contribution in [2.45, 2.75) is 20.4 Å². The van der Waals surface area contributed by atoms with Crippen LogP contribution in [0.25, 0.3) is 11.3 Å². The van der Waals surface area contributed by atoms with Crippen molar-refractivity contribution in [1.82, 2.24) is 14.7 Å². The van der Waals surface area contributed by atoms with Crippen LogP contribution in [-0.2, 0) is 13.6 Å². The number of aliphatic hydroxyl groups is 1. The summed E-state index contributed by atoms with van der Waals surface area (Å²) in [5.74, 6) is 1.62. The number of rotatable bonds is 8. The Morgan fingerprint density at radius 3 is 2.32 bits per heavy atom. The smallest absolute Gasteiger partial charge is 0.127 e. The van der Waals surface area contributed by atoms with Gasteiger partial charge in [-0.05, 0) is 43.4 Å². The van der Waals surface area contributed by atoms with E-state index in [0.29, 0.717) is 0 Å². The first kappa shape index (κ1) is 20.1. The second kappa shape index (κ2) is 8.59. The molecule has 2 aromatic carbocycles. The molecule has 0 unspecified atom stereocenters. The van der Waals surface area contributed by atoms with E-state index >= 15 is 0 Å². The second-order valence-corrected chi connectivity index (χ2v) is 8.11. The summed E-state index contributed by atoms with van der Waals surface area (Å²) >= 11 is 0. The average molecular weight is 380 g/mol. The van der Waals surface area contributed by atoms with Crippen LogP contribution < -0.4 is 4.74 Å². The van der Waals surface area contributed by atoms with Gasteiger partial charge in [-0.3, -0.25) is 4.68 Å². The van der Waals surface area contributed by atoms with Crippen molar-refractivity contribution in [1.29, 1.82) is 0 Å². The Kier molecular flexibility index (Phi) is 6.17. The summed E-state index contributed by atoms with van der Waals surface area (Å²) in [4.78, 5) is 2.23. The number of para-hydroxylation sites is 1. The zero-order valence-corrected chi connectivity index (χ0v) is 17.1. The fraction of sp³-hybridized carbons (Fsp3) is 0.348. The van der Waals surface area contributed by atoms with E-state index in [-0.39, 0.29) is 12.0 Å². The van der Waals surface area contributed by atoms with Crippen LogP contribution in [0.15, 0.2) is 60.8 Å². The lowest BCUT2D eigenvalue weighted by molar-refractivity contribution is 0.112. The molecule has 28 heavy (non-hydrogen) atoms. The molecule has 0 aliphatic carbocycles. The van der Waals surface area contributed by atoms with E-state index in [2.05, 4.69) is 37.1 Å². The fourth-order valence-corrected chi connectivity index (χ4v) is 3.33. The van der Waals surface area contributed by atoms with Crippen LogP contribution in [0.2, 0.25) is 0 Å². The predicted molar refractivity (Wildman–Crippen MR) is 112 cm³/mol. The fourth-order valence-electron chi connectivity index (χ4n) is 3.33. The molecule has 1 aromatic heterocycles. The van der Waals surface area contributed by atoms with Crippen LogP contribution in [0.1, 0.15) is 19.4 Å². The monoisotopic (exact) mass is 379 g/mol. The molecule has 0 radical (unpaired) electrons. The highest BCUT2D eigenvalue weighted by Crippen LogP contribution is 2.28. The molecule has 0 fully saturated rings. The Hall–Kier alpha value is -2.63. The van der Waals surface area contributed by atoms with Gasteiger partial charge in [-0.15, -0.1) is 0 Å². The van der Waals surface area contributed by atoms with Crippen molar-refractivity contribution < 1.29 is 9.84 Å². The SMILES string of the molecule is CN(Cc1cn(C)nc1-c1ccc(Oc2ccccc2)cc1)CC(C)(C)CO. The first-order chi connectivity index (χ1) is 13.4. The van der Waals surface area contributed by atoms with Gasteiger partial charge in [-0.1, -0.05) is 32.0 Å². The Balaban J connectivity index is 1.75. The quantitative estimate of drug-likeness (QED) is 0.633. The minimum absolute atomic E-state index is 0.131. The standard InChI is InChI=1S/C23H29N3O2/c1-23(2,17-27)16-25(3)14-19-15-26(4)24-22(19)18-10-12-21(13-11-18)28-20-8-6-5-7-9-20/h5-13,15,27H,14,16-17H2,1-4H3. The Morgan fingerprint density at radius 2 is 1.68 bits per heavy atom. The third kappa shape index (κ3) is 5.21. The van der Waals surface area contributed by atoms with E-state index in [4.69, 9.17) is 4.74 Å². The molecule has 3 rings (SSSR count). The number of ether oxygens (including phenoxy) is 1. The Labute approximate surface area is 167 Å². The van der Waals surface area contributed by atoms with Gasteiger partial charge in [0.05, 0.1) is 5.69 Å². The molecule has 5 nitrogen and oxygen atoms in total. The van der Waals surface area contributed by atoms with Crippen molar-refractivity contribution in [2.24, 2.45) is 12.5 Å². The number of nitrogens with zero attached hydrogens (tertiary/aromatic N) is 3. The van der Waals surface area contributed by atoms with Crippen LogP contribution in [0.3, 0.4) is 0 Å². The average Bonchev–Trinajstić information content (AvgIpc) is 3.02. The third-order valence-electron chi connectivity index (χ3n) is 4.58. The number of hydrogen-bond acceptors (Lipinski definition) is 4. The summed E-state index contributed by atoms with van der Waals surface area (Å²) in [7, 11) is 4.02. The molecule has 0 saturated heterocycles. The van der Waals surface area contributed by atoms with E-state index < -0.39 is 0 Å². The molecule has 0 aliphatic heterocycles. The summed E-state index contributed by atoms with van der Waals surface area (Å²) < 4.78 is 7.73. The van der Waals surface area contributed by atoms with Crippen LogP contribution in [-0.4, -0.2) is 40.0 Å². The van der Waals surface area contributed by atoms with Crippen LogP contribution in [0.5, 0.6) is 11.5 Å². The number of aryl methyl sites for hydroxylation is 1. The summed E-state index contributed by atoms with van der Waals surface area (Å²) in [6, 6.07) is 17.8. The van der Waals surface area contributed by atoms with E-state index in [1.807, 2.05) is 66.3 Å². The van der Waals surface area contributed by atoms with E-state index in [1.54, 1.807) is 0 Å². The van der Waals surface area contributed by atoms with Gasteiger partial charge in [0.1, 0.15) is 11.5 Å². The lowest BCUT2D eigenvalue weighted by atomic mass is 9.94. The van der Waals surface area contributed by atoms with Gasteiger partial charge < -0.3 is 14.7 Å². The zero-order valence-electron chi connectivity index (χ0n) is 17.1. The van der Waals surface area contributed by atoms with Gasteiger partial charge in [-0.2, -0.15) is 5.10 Å². The van der Waals surface area contributed by atoms with Gasteiger partial charge in [0.25, 0.3) is 0 Å². The van der Waals surface area contributed by atoms with Crippen molar-refractivity contribution >= 4 is 0 Å². The second-order valence-electron chi connectivity index (χ2n) is 8.11. The molecule has 148 valence electrons. The predicted octanol–water partition coefficient (Wildman–Crippen LogP) is 4.33. The first-order valence-corrected chi connectivity index (χ1v) is 9.51. The Bertz CT molecular complexity index is 886. The number of hydrogen-bond donors (Lipinski definition) is 1. The van der Waals surface area contributed by atoms with Crippen LogP contribution in [0.4, 0.5) is 0 Å². The molecule has 0 bridgehead atoms. The molecular formula is C23H29N3O2. The molecule has 3 aromatic rings. The van der Waals surface area contributed by atoms with Crippen molar-refractivity contribution in [2.75, 3.05) is 20.2 Å². The summed E-state index contributed by atoms with van der Waals surface area (Å²) in [5.41, 5.74) is 3.07. The Morgan fingerprint density at radius 1 is 1.04 bits per heavy atom. The number of aliphatic hydroxyl groups excluding tert-OH is 1. The highest BCUT2D eigenvalue weighted by atomic mass is 16.5. The molecular weight excluding hydrogens is 350 g/mol. The maximum atomic E-state index is 9.52. The third-order valence-corrected chi connectivity index (χ3v) is 4.58. The van der Waals surface area contributed by atoms with Gasteiger partial charge in [0, 0.05) is 49.5 Å².